The molecule has 0 radical (unpaired) electrons. The molecule has 1 aromatic rings. The lowest BCUT2D eigenvalue weighted by molar-refractivity contribution is 0.194. The third-order valence-electron chi connectivity index (χ3n) is 3.52. The Morgan fingerprint density at radius 2 is 2.05 bits per heavy atom. The second-order valence-corrected chi connectivity index (χ2v) is 5.53. The van der Waals surface area contributed by atoms with Crippen LogP contribution in [0.15, 0.2) is 66.0 Å². The van der Waals surface area contributed by atoms with Crippen molar-refractivity contribution >= 4 is 0 Å². The van der Waals surface area contributed by atoms with Gasteiger partial charge in [-0.25, -0.2) is 8.78 Å². The summed E-state index contributed by atoms with van der Waals surface area (Å²) in [7, 11) is 0. The predicted molar refractivity (Wildman–Crippen MR) is 85.0 cm³/mol. The predicted octanol–water partition coefficient (Wildman–Crippen LogP) is 5.46. The number of hydrogen-bond acceptors (Lipinski definition) is 1. The molecule has 2 rings (SSSR count). The monoisotopic (exact) mass is 302 g/mol. The zero-order valence-corrected chi connectivity index (χ0v) is 12.9. The molecule has 0 spiro atoms. The van der Waals surface area contributed by atoms with Crippen LogP contribution in [-0.2, 0) is 11.3 Å². The molecule has 0 aromatic heterocycles. The molecule has 1 aromatic carbocycles. The van der Waals surface area contributed by atoms with E-state index in [1.807, 2.05) is 25.2 Å². The SMILES string of the molecule is C=C(C)/C=C1/C(OCc2c(F)cccc2F)=CC=CCC1C. The van der Waals surface area contributed by atoms with Crippen molar-refractivity contribution in [1.29, 1.82) is 0 Å². The van der Waals surface area contributed by atoms with E-state index in [4.69, 9.17) is 4.74 Å². The summed E-state index contributed by atoms with van der Waals surface area (Å²) >= 11 is 0. The molecule has 0 amide bonds. The second kappa shape index (κ2) is 7.21. The van der Waals surface area contributed by atoms with Gasteiger partial charge in [-0.05, 0) is 43.0 Å². The normalized spacial score (nSPS) is 19.7. The van der Waals surface area contributed by atoms with Gasteiger partial charge < -0.3 is 4.74 Å². The van der Waals surface area contributed by atoms with Crippen LogP contribution in [0, 0.1) is 17.6 Å². The van der Waals surface area contributed by atoms with Gasteiger partial charge in [0.05, 0.1) is 5.56 Å². The quantitative estimate of drug-likeness (QED) is 0.717. The van der Waals surface area contributed by atoms with Crippen LogP contribution in [0.4, 0.5) is 8.78 Å². The van der Waals surface area contributed by atoms with E-state index in [2.05, 4.69) is 19.6 Å². The number of halogens is 2. The van der Waals surface area contributed by atoms with Gasteiger partial charge in [0.1, 0.15) is 24.0 Å². The van der Waals surface area contributed by atoms with E-state index in [1.54, 1.807) is 0 Å². The molecule has 0 heterocycles. The van der Waals surface area contributed by atoms with Gasteiger partial charge >= 0.3 is 0 Å². The summed E-state index contributed by atoms with van der Waals surface area (Å²) in [6.07, 6.45) is 8.63. The van der Waals surface area contributed by atoms with Crippen LogP contribution in [0.25, 0.3) is 0 Å². The van der Waals surface area contributed by atoms with Crippen molar-refractivity contribution in [3.63, 3.8) is 0 Å². The molecule has 1 atom stereocenters. The zero-order valence-electron chi connectivity index (χ0n) is 12.9. The highest BCUT2D eigenvalue weighted by atomic mass is 19.1. The minimum Gasteiger partial charge on any atom is -0.488 e. The van der Waals surface area contributed by atoms with Gasteiger partial charge in [-0.15, -0.1) is 0 Å². The van der Waals surface area contributed by atoms with Crippen LogP contribution in [0.1, 0.15) is 25.8 Å². The first-order valence-corrected chi connectivity index (χ1v) is 7.29. The first-order chi connectivity index (χ1) is 10.5. The number of ether oxygens (including phenoxy) is 1. The summed E-state index contributed by atoms with van der Waals surface area (Å²) < 4.78 is 33.1. The van der Waals surface area contributed by atoms with E-state index in [1.165, 1.54) is 18.2 Å². The number of rotatable bonds is 4. The Balaban J connectivity index is 2.24. The van der Waals surface area contributed by atoms with Crippen LogP contribution >= 0.6 is 0 Å². The highest BCUT2D eigenvalue weighted by molar-refractivity contribution is 5.38. The molecule has 1 aliphatic rings. The first kappa shape index (κ1) is 16.2. The van der Waals surface area contributed by atoms with Gasteiger partial charge in [0.25, 0.3) is 0 Å². The van der Waals surface area contributed by atoms with E-state index in [-0.39, 0.29) is 18.1 Å². The Bertz CT molecular complexity index is 633. The second-order valence-electron chi connectivity index (χ2n) is 5.53. The maximum Gasteiger partial charge on any atom is 0.132 e. The highest BCUT2D eigenvalue weighted by Crippen LogP contribution is 2.29. The Morgan fingerprint density at radius 3 is 2.68 bits per heavy atom. The lowest BCUT2D eigenvalue weighted by Gasteiger charge is -2.18. The molecule has 0 saturated carbocycles. The number of allylic oxidation sites excluding steroid dienone is 6. The van der Waals surface area contributed by atoms with Crippen molar-refractivity contribution in [3.05, 3.63) is 83.2 Å². The molecule has 22 heavy (non-hydrogen) atoms. The van der Waals surface area contributed by atoms with E-state index in [9.17, 15) is 8.78 Å². The Morgan fingerprint density at radius 1 is 1.36 bits per heavy atom. The number of benzene rings is 1. The molecule has 0 saturated heterocycles. The Kier molecular flexibility index (Phi) is 5.31. The maximum atomic E-state index is 13.7. The molecule has 1 nitrogen and oxygen atoms in total. The fourth-order valence-corrected chi connectivity index (χ4v) is 2.33. The molecule has 1 unspecified atom stereocenters. The molecule has 116 valence electrons. The van der Waals surface area contributed by atoms with Crippen LogP contribution in [0.3, 0.4) is 0 Å². The summed E-state index contributed by atoms with van der Waals surface area (Å²) in [6, 6.07) is 3.81. The van der Waals surface area contributed by atoms with Crippen molar-refractivity contribution in [2.45, 2.75) is 26.9 Å². The van der Waals surface area contributed by atoms with Gasteiger partial charge in [0.15, 0.2) is 0 Å². The minimum atomic E-state index is -0.594. The topological polar surface area (TPSA) is 9.23 Å². The maximum absolute atomic E-state index is 13.7. The summed E-state index contributed by atoms with van der Waals surface area (Å²) in [5, 5.41) is 0. The largest absolute Gasteiger partial charge is 0.488 e. The third kappa shape index (κ3) is 3.94. The fraction of sp³-hybridized carbons (Fsp3) is 0.263. The lowest BCUT2D eigenvalue weighted by Crippen LogP contribution is -2.06. The van der Waals surface area contributed by atoms with Gasteiger partial charge in [-0.3, -0.25) is 0 Å². The highest BCUT2D eigenvalue weighted by Gasteiger charge is 2.17. The van der Waals surface area contributed by atoms with E-state index < -0.39 is 11.6 Å². The van der Waals surface area contributed by atoms with E-state index in [0.717, 1.165) is 17.6 Å². The molecule has 0 N–H and O–H groups in total. The van der Waals surface area contributed by atoms with E-state index >= 15 is 0 Å². The Labute approximate surface area is 130 Å². The zero-order chi connectivity index (χ0) is 16.1. The minimum absolute atomic E-state index is 0.0565. The lowest BCUT2D eigenvalue weighted by atomic mass is 9.95. The molecule has 0 aliphatic heterocycles. The smallest absolute Gasteiger partial charge is 0.132 e. The molecule has 0 fully saturated rings. The summed E-state index contributed by atoms with van der Waals surface area (Å²) in [5.74, 6) is -0.300. The molecule has 3 heteroatoms. The van der Waals surface area contributed by atoms with Crippen molar-refractivity contribution in [2.24, 2.45) is 5.92 Å². The van der Waals surface area contributed by atoms with Gasteiger partial charge in [0, 0.05) is 0 Å². The van der Waals surface area contributed by atoms with Crippen LogP contribution in [0.2, 0.25) is 0 Å². The number of hydrogen-bond donors (Lipinski definition) is 0. The van der Waals surface area contributed by atoms with Crippen LogP contribution < -0.4 is 0 Å². The molecular weight excluding hydrogens is 282 g/mol. The first-order valence-electron chi connectivity index (χ1n) is 7.29. The summed E-state index contributed by atoms with van der Waals surface area (Å²) in [4.78, 5) is 0. The van der Waals surface area contributed by atoms with E-state index in [0.29, 0.717) is 5.76 Å². The van der Waals surface area contributed by atoms with Gasteiger partial charge in [-0.2, -0.15) is 0 Å². The van der Waals surface area contributed by atoms with Crippen molar-refractivity contribution in [3.8, 4) is 0 Å². The fourth-order valence-electron chi connectivity index (χ4n) is 2.33. The molecule has 1 aliphatic carbocycles. The average molecular weight is 302 g/mol. The van der Waals surface area contributed by atoms with Crippen LogP contribution in [0.5, 0.6) is 0 Å². The standard InChI is InChI=1S/C19H20F2O/c1-13(2)11-15-14(3)7-4-5-10-19(15)22-12-16-17(20)8-6-9-18(16)21/h4-6,8-11,14H,1,7,12H2,2-3H3/b15-11+. The van der Waals surface area contributed by atoms with Crippen molar-refractivity contribution in [2.75, 3.05) is 0 Å². The van der Waals surface area contributed by atoms with Gasteiger partial charge in [-0.1, -0.05) is 43.4 Å². The van der Waals surface area contributed by atoms with Crippen LogP contribution in [-0.4, -0.2) is 0 Å². The summed E-state index contributed by atoms with van der Waals surface area (Å²) in [5.41, 5.74) is 1.85. The van der Waals surface area contributed by atoms with Gasteiger partial charge in [0.2, 0.25) is 0 Å². The average Bonchev–Trinajstić information content (AvgIpc) is 2.61. The Hall–Kier alpha value is -2.16. The van der Waals surface area contributed by atoms with Crippen molar-refractivity contribution < 1.29 is 13.5 Å². The van der Waals surface area contributed by atoms with Crippen molar-refractivity contribution in [1.82, 2.24) is 0 Å². The molecule has 0 bridgehead atoms. The molecular formula is C19H20F2O. The third-order valence-corrected chi connectivity index (χ3v) is 3.52. The summed E-state index contributed by atoms with van der Waals surface area (Å²) in [6.45, 7) is 7.75.